The number of imidazole rings is 1. The Morgan fingerprint density at radius 2 is 2.45 bits per heavy atom. The van der Waals surface area contributed by atoms with Crippen molar-refractivity contribution in [1.29, 1.82) is 0 Å². The van der Waals surface area contributed by atoms with Gasteiger partial charge in [0.1, 0.15) is 3.70 Å². The summed E-state index contributed by atoms with van der Waals surface area (Å²) in [6, 6.07) is 0. The summed E-state index contributed by atoms with van der Waals surface area (Å²) in [7, 11) is 1.97. The first-order valence-corrected chi connectivity index (χ1v) is 4.60. The molecule has 0 saturated heterocycles. The Hall–Kier alpha value is -0.100. The summed E-state index contributed by atoms with van der Waals surface area (Å²) in [5.41, 5.74) is 1.21. The van der Waals surface area contributed by atoms with Gasteiger partial charge in [-0.25, -0.2) is 4.98 Å². The quantitative estimate of drug-likeness (QED) is 0.827. The monoisotopic (exact) mass is 266 g/mol. The average molecular weight is 266 g/mol. The molecule has 1 aromatic heterocycles. The Labute approximate surface area is 79.6 Å². The van der Waals surface area contributed by atoms with Gasteiger partial charge in [-0.05, 0) is 35.4 Å². The summed E-state index contributed by atoms with van der Waals surface area (Å²) in [6.45, 7) is 0.251. The molecular weight excluding hydrogens is 255 g/mol. The molecule has 0 fully saturated rings. The molecule has 1 aromatic rings. The molecule has 0 aliphatic heterocycles. The Morgan fingerprint density at radius 3 is 2.91 bits per heavy atom. The van der Waals surface area contributed by atoms with Crippen LogP contribution in [0.15, 0.2) is 6.33 Å². The van der Waals surface area contributed by atoms with Crippen molar-refractivity contribution >= 4 is 22.6 Å². The zero-order chi connectivity index (χ0) is 8.27. The average Bonchev–Trinajstić information content (AvgIpc) is 2.29. The van der Waals surface area contributed by atoms with E-state index in [0.717, 1.165) is 16.5 Å². The second kappa shape index (κ2) is 4.06. The maximum absolute atomic E-state index is 8.61. The number of aryl methyl sites for hydroxylation is 1. The first-order valence-electron chi connectivity index (χ1n) is 3.52. The highest BCUT2D eigenvalue weighted by Crippen LogP contribution is 2.10. The molecule has 62 valence electrons. The van der Waals surface area contributed by atoms with Crippen LogP contribution >= 0.6 is 22.6 Å². The van der Waals surface area contributed by atoms with Gasteiger partial charge in [-0.2, -0.15) is 0 Å². The number of halogens is 1. The van der Waals surface area contributed by atoms with E-state index >= 15 is 0 Å². The SMILES string of the molecule is Cn1cnc(I)c1CCCO. The lowest BCUT2D eigenvalue weighted by molar-refractivity contribution is 0.287. The van der Waals surface area contributed by atoms with Gasteiger partial charge in [0, 0.05) is 13.7 Å². The van der Waals surface area contributed by atoms with E-state index in [9.17, 15) is 0 Å². The topological polar surface area (TPSA) is 38.0 Å². The molecule has 0 aliphatic carbocycles. The van der Waals surface area contributed by atoms with Gasteiger partial charge in [0.2, 0.25) is 0 Å². The number of aromatic nitrogens is 2. The molecule has 0 atom stereocenters. The summed E-state index contributed by atoms with van der Waals surface area (Å²) in [5.74, 6) is 0. The molecule has 1 heterocycles. The van der Waals surface area contributed by atoms with Crippen LogP contribution in [-0.4, -0.2) is 21.3 Å². The van der Waals surface area contributed by atoms with Crippen LogP contribution in [0.3, 0.4) is 0 Å². The fourth-order valence-electron chi connectivity index (χ4n) is 0.953. The number of hydrogen-bond donors (Lipinski definition) is 1. The van der Waals surface area contributed by atoms with E-state index < -0.39 is 0 Å². The van der Waals surface area contributed by atoms with Crippen LogP contribution in [0.25, 0.3) is 0 Å². The minimum absolute atomic E-state index is 0.251. The van der Waals surface area contributed by atoms with Crippen molar-refractivity contribution in [2.24, 2.45) is 7.05 Å². The molecule has 0 aliphatic rings. The smallest absolute Gasteiger partial charge is 0.122 e. The fraction of sp³-hybridized carbons (Fsp3) is 0.571. The molecule has 3 nitrogen and oxygen atoms in total. The van der Waals surface area contributed by atoms with Gasteiger partial charge in [-0.15, -0.1) is 0 Å². The Bertz CT molecular complexity index is 215. The molecule has 0 radical (unpaired) electrons. The summed E-state index contributed by atoms with van der Waals surface area (Å²) in [5, 5.41) is 8.61. The molecule has 0 bridgehead atoms. The van der Waals surface area contributed by atoms with E-state index in [4.69, 9.17) is 5.11 Å². The highest BCUT2D eigenvalue weighted by molar-refractivity contribution is 14.1. The molecule has 0 aromatic carbocycles. The van der Waals surface area contributed by atoms with Crippen LogP contribution in [0.4, 0.5) is 0 Å². The number of rotatable bonds is 3. The predicted molar refractivity (Wildman–Crippen MR) is 51.3 cm³/mol. The lowest BCUT2D eigenvalue weighted by Gasteiger charge is -2.00. The number of nitrogens with zero attached hydrogens (tertiary/aromatic N) is 2. The predicted octanol–water partition coefficient (Wildman–Crippen LogP) is 0.950. The summed E-state index contributed by atoms with van der Waals surface area (Å²) < 4.78 is 3.04. The normalized spacial score (nSPS) is 10.5. The molecule has 11 heavy (non-hydrogen) atoms. The van der Waals surface area contributed by atoms with Crippen LogP contribution in [0.5, 0.6) is 0 Å². The first kappa shape index (κ1) is 8.99. The zero-order valence-corrected chi connectivity index (χ0v) is 8.58. The summed E-state index contributed by atoms with van der Waals surface area (Å²) in [6.07, 6.45) is 3.52. The van der Waals surface area contributed by atoms with E-state index in [-0.39, 0.29) is 6.61 Å². The van der Waals surface area contributed by atoms with E-state index in [2.05, 4.69) is 27.6 Å². The molecule has 0 amide bonds. The number of aliphatic hydroxyl groups excluding tert-OH is 1. The van der Waals surface area contributed by atoms with Gasteiger partial charge in [0.25, 0.3) is 0 Å². The largest absolute Gasteiger partial charge is 0.396 e. The van der Waals surface area contributed by atoms with Crippen molar-refractivity contribution in [3.05, 3.63) is 15.7 Å². The fourth-order valence-corrected chi connectivity index (χ4v) is 1.73. The number of aliphatic hydroxyl groups is 1. The van der Waals surface area contributed by atoms with Crippen LogP contribution in [0, 0.1) is 3.70 Å². The maximum atomic E-state index is 8.61. The van der Waals surface area contributed by atoms with Crippen LogP contribution < -0.4 is 0 Å². The summed E-state index contributed by atoms with van der Waals surface area (Å²) in [4.78, 5) is 4.14. The van der Waals surface area contributed by atoms with Crippen molar-refractivity contribution in [3.8, 4) is 0 Å². The van der Waals surface area contributed by atoms with Crippen molar-refractivity contribution < 1.29 is 5.11 Å². The minimum Gasteiger partial charge on any atom is -0.396 e. The second-order valence-corrected chi connectivity index (χ2v) is 3.44. The third-order valence-electron chi connectivity index (χ3n) is 1.58. The van der Waals surface area contributed by atoms with Gasteiger partial charge in [-0.3, -0.25) is 0 Å². The minimum atomic E-state index is 0.251. The Balaban J connectivity index is 2.67. The standard InChI is InChI=1S/C7H11IN2O/c1-10-5-9-7(8)6(10)3-2-4-11/h5,11H,2-4H2,1H3. The molecule has 0 spiro atoms. The first-order chi connectivity index (χ1) is 5.25. The van der Waals surface area contributed by atoms with Crippen molar-refractivity contribution in [2.45, 2.75) is 12.8 Å². The molecule has 0 saturated carbocycles. The lowest BCUT2D eigenvalue weighted by Crippen LogP contribution is -1.98. The van der Waals surface area contributed by atoms with Gasteiger partial charge < -0.3 is 9.67 Å². The molecule has 0 unspecified atom stereocenters. The second-order valence-electron chi connectivity index (χ2n) is 2.42. The van der Waals surface area contributed by atoms with Crippen molar-refractivity contribution in [3.63, 3.8) is 0 Å². The zero-order valence-electron chi connectivity index (χ0n) is 6.42. The van der Waals surface area contributed by atoms with Crippen LogP contribution in [0.2, 0.25) is 0 Å². The lowest BCUT2D eigenvalue weighted by atomic mass is 10.2. The Morgan fingerprint density at radius 1 is 1.73 bits per heavy atom. The molecular formula is C7H11IN2O. The van der Waals surface area contributed by atoms with Gasteiger partial charge in [-0.1, -0.05) is 0 Å². The van der Waals surface area contributed by atoms with Gasteiger partial charge in [0.15, 0.2) is 0 Å². The van der Waals surface area contributed by atoms with E-state index in [0.29, 0.717) is 0 Å². The van der Waals surface area contributed by atoms with E-state index in [1.54, 1.807) is 6.33 Å². The highest BCUT2D eigenvalue weighted by Gasteiger charge is 2.03. The van der Waals surface area contributed by atoms with Crippen LogP contribution in [-0.2, 0) is 13.5 Å². The van der Waals surface area contributed by atoms with Gasteiger partial charge in [0.05, 0.1) is 12.0 Å². The molecule has 4 heteroatoms. The highest BCUT2D eigenvalue weighted by atomic mass is 127. The summed E-state index contributed by atoms with van der Waals surface area (Å²) >= 11 is 2.21. The van der Waals surface area contributed by atoms with Crippen molar-refractivity contribution in [2.75, 3.05) is 6.61 Å². The Kier molecular flexibility index (Phi) is 3.32. The van der Waals surface area contributed by atoms with Crippen LogP contribution in [0.1, 0.15) is 12.1 Å². The third kappa shape index (κ3) is 2.16. The number of hydrogen-bond acceptors (Lipinski definition) is 2. The van der Waals surface area contributed by atoms with E-state index in [1.165, 1.54) is 5.69 Å². The van der Waals surface area contributed by atoms with E-state index in [1.807, 2.05) is 11.6 Å². The third-order valence-corrected chi connectivity index (χ3v) is 2.48. The van der Waals surface area contributed by atoms with Crippen molar-refractivity contribution in [1.82, 2.24) is 9.55 Å². The molecule has 1 N–H and O–H groups in total. The van der Waals surface area contributed by atoms with Gasteiger partial charge >= 0.3 is 0 Å². The maximum Gasteiger partial charge on any atom is 0.122 e. The molecule has 1 rings (SSSR count).